The van der Waals surface area contributed by atoms with Gasteiger partial charge in [0, 0.05) is 13.0 Å². The Morgan fingerprint density at radius 2 is 1.94 bits per heavy atom. The van der Waals surface area contributed by atoms with E-state index in [0.29, 0.717) is 24.4 Å². The molecule has 17 heavy (non-hydrogen) atoms. The van der Waals surface area contributed by atoms with Crippen LogP contribution in [0.25, 0.3) is 0 Å². The number of benzene rings is 1. The van der Waals surface area contributed by atoms with Gasteiger partial charge in [0.05, 0.1) is 4.99 Å². The highest BCUT2D eigenvalue weighted by Crippen LogP contribution is 2.02. The molecule has 0 unspecified atom stereocenters. The molecule has 0 bridgehead atoms. The average Bonchev–Trinajstić information content (AvgIpc) is 2.33. The number of hydrogen-bond donors (Lipinski definition) is 2. The Morgan fingerprint density at radius 1 is 1.24 bits per heavy atom. The molecule has 0 fully saturated rings. The Kier molecular flexibility index (Phi) is 6.25. The number of carbonyl (C=O) groups excluding carboxylic acids is 1. The summed E-state index contributed by atoms with van der Waals surface area (Å²) in [6, 6.07) is 9.99. The van der Waals surface area contributed by atoms with Crippen LogP contribution in [-0.2, 0) is 11.2 Å². The lowest BCUT2D eigenvalue weighted by Gasteiger charge is -2.04. The fourth-order valence-corrected chi connectivity index (χ4v) is 1.63. The third kappa shape index (κ3) is 6.68. The summed E-state index contributed by atoms with van der Waals surface area (Å²) in [5.41, 5.74) is 6.55. The van der Waals surface area contributed by atoms with Gasteiger partial charge in [0.1, 0.15) is 0 Å². The van der Waals surface area contributed by atoms with E-state index in [4.69, 9.17) is 18.0 Å². The van der Waals surface area contributed by atoms with Crippen molar-refractivity contribution >= 4 is 23.1 Å². The normalized spacial score (nSPS) is 9.88. The Balaban J connectivity index is 2.11. The molecule has 92 valence electrons. The lowest BCUT2D eigenvalue weighted by Crippen LogP contribution is -2.25. The summed E-state index contributed by atoms with van der Waals surface area (Å²) >= 11 is 4.75. The highest BCUT2D eigenvalue weighted by atomic mass is 32.1. The molecule has 0 aliphatic carbocycles. The summed E-state index contributed by atoms with van der Waals surface area (Å²) in [6.07, 6.45) is 2.81. The first-order valence-corrected chi connectivity index (χ1v) is 6.18. The van der Waals surface area contributed by atoms with Crippen LogP contribution in [-0.4, -0.2) is 17.4 Å². The Morgan fingerprint density at radius 3 is 2.59 bits per heavy atom. The number of hydrogen-bond acceptors (Lipinski definition) is 2. The van der Waals surface area contributed by atoms with Crippen molar-refractivity contribution in [2.75, 3.05) is 6.54 Å². The van der Waals surface area contributed by atoms with E-state index in [1.807, 2.05) is 30.3 Å². The maximum Gasteiger partial charge on any atom is 0.220 e. The molecule has 1 aromatic rings. The quantitative estimate of drug-likeness (QED) is 0.573. The molecule has 1 rings (SSSR count). The van der Waals surface area contributed by atoms with Crippen LogP contribution in [0.15, 0.2) is 30.3 Å². The van der Waals surface area contributed by atoms with Crippen LogP contribution in [0.2, 0.25) is 0 Å². The van der Waals surface area contributed by atoms with E-state index in [1.165, 1.54) is 5.56 Å². The Labute approximate surface area is 107 Å². The number of nitrogens with one attached hydrogen (secondary N) is 1. The molecule has 0 heterocycles. The zero-order valence-corrected chi connectivity index (χ0v) is 10.6. The summed E-state index contributed by atoms with van der Waals surface area (Å²) in [4.78, 5) is 12.0. The molecule has 4 heteroatoms. The van der Waals surface area contributed by atoms with Crippen molar-refractivity contribution in [2.45, 2.75) is 25.7 Å². The standard InChI is InChI=1S/C13H18N2OS/c14-12(17)7-4-10-15-13(16)9-8-11-5-2-1-3-6-11/h1-3,5-6H,4,7-10H2,(H2,14,17)(H,15,16). The van der Waals surface area contributed by atoms with Gasteiger partial charge in [-0.05, 0) is 24.8 Å². The number of rotatable bonds is 7. The highest BCUT2D eigenvalue weighted by Gasteiger charge is 2.01. The van der Waals surface area contributed by atoms with Crippen molar-refractivity contribution in [3.05, 3.63) is 35.9 Å². The monoisotopic (exact) mass is 250 g/mol. The van der Waals surface area contributed by atoms with Crippen LogP contribution in [0.4, 0.5) is 0 Å². The van der Waals surface area contributed by atoms with E-state index < -0.39 is 0 Å². The zero-order chi connectivity index (χ0) is 12.5. The predicted octanol–water partition coefficient (Wildman–Crippen LogP) is 1.80. The van der Waals surface area contributed by atoms with Crippen LogP contribution >= 0.6 is 12.2 Å². The van der Waals surface area contributed by atoms with Gasteiger partial charge in [0.2, 0.25) is 5.91 Å². The smallest absolute Gasteiger partial charge is 0.220 e. The van der Waals surface area contributed by atoms with Crippen LogP contribution in [0, 0.1) is 0 Å². The number of nitrogens with two attached hydrogens (primary N) is 1. The second kappa shape index (κ2) is 7.79. The average molecular weight is 250 g/mol. The van der Waals surface area contributed by atoms with E-state index >= 15 is 0 Å². The number of thiocarbonyl (C=S) groups is 1. The molecule has 3 N–H and O–H groups in total. The van der Waals surface area contributed by atoms with Gasteiger partial charge in [-0.3, -0.25) is 4.79 Å². The molecular weight excluding hydrogens is 232 g/mol. The minimum absolute atomic E-state index is 0.0804. The second-order valence-electron chi connectivity index (χ2n) is 3.91. The zero-order valence-electron chi connectivity index (χ0n) is 9.82. The largest absolute Gasteiger partial charge is 0.393 e. The van der Waals surface area contributed by atoms with Crippen LogP contribution < -0.4 is 11.1 Å². The first-order valence-electron chi connectivity index (χ1n) is 5.77. The molecule has 0 radical (unpaired) electrons. The van der Waals surface area contributed by atoms with Gasteiger partial charge in [0.25, 0.3) is 0 Å². The van der Waals surface area contributed by atoms with Crippen molar-refractivity contribution in [3.63, 3.8) is 0 Å². The molecule has 1 aromatic carbocycles. The molecule has 0 saturated carbocycles. The highest BCUT2D eigenvalue weighted by molar-refractivity contribution is 7.80. The minimum Gasteiger partial charge on any atom is -0.393 e. The van der Waals surface area contributed by atoms with Gasteiger partial charge in [-0.2, -0.15) is 0 Å². The maximum absolute atomic E-state index is 11.5. The number of carbonyl (C=O) groups is 1. The van der Waals surface area contributed by atoms with Gasteiger partial charge in [-0.15, -0.1) is 0 Å². The van der Waals surface area contributed by atoms with E-state index in [2.05, 4.69) is 5.32 Å². The van der Waals surface area contributed by atoms with Gasteiger partial charge < -0.3 is 11.1 Å². The van der Waals surface area contributed by atoms with E-state index in [-0.39, 0.29) is 5.91 Å². The van der Waals surface area contributed by atoms with Crippen molar-refractivity contribution in [1.29, 1.82) is 0 Å². The lowest BCUT2D eigenvalue weighted by atomic mass is 10.1. The molecule has 1 amide bonds. The molecule has 0 spiro atoms. The minimum atomic E-state index is 0.0804. The second-order valence-corrected chi connectivity index (χ2v) is 4.43. The fourth-order valence-electron chi connectivity index (χ4n) is 1.48. The van der Waals surface area contributed by atoms with Crippen molar-refractivity contribution in [3.8, 4) is 0 Å². The third-order valence-corrected chi connectivity index (χ3v) is 2.61. The lowest BCUT2D eigenvalue weighted by molar-refractivity contribution is -0.121. The molecule has 0 atom stereocenters. The molecular formula is C13H18N2OS. The Hall–Kier alpha value is -1.42. The van der Waals surface area contributed by atoms with Crippen molar-refractivity contribution in [1.82, 2.24) is 5.32 Å². The summed E-state index contributed by atoms with van der Waals surface area (Å²) in [7, 11) is 0. The molecule has 0 aliphatic rings. The van der Waals surface area contributed by atoms with Crippen LogP contribution in [0.3, 0.4) is 0 Å². The van der Waals surface area contributed by atoms with Gasteiger partial charge >= 0.3 is 0 Å². The Bertz CT molecular complexity index is 365. The number of aryl methyl sites for hydroxylation is 1. The fraction of sp³-hybridized carbons (Fsp3) is 0.385. The SMILES string of the molecule is NC(=S)CCCNC(=O)CCc1ccccc1. The summed E-state index contributed by atoms with van der Waals surface area (Å²) in [5.74, 6) is 0.0804. The van der Waals surface area contributed by atoms with E-state index in [9.17, 15) is 4.79 Å². The van der Waals surface area contributed by atoms with Crippen molar-refractivity contribution < 1.29 is 4.79 Å². The summed E-state index contributed by atoms with van der Waals surface area (Å²) < 4.78 is 0. The van der Waals surface area contributed by atoms with E-state index in [1.54, 1.807) is 0 Å². The van der Waals surface area contributed by atoms with Crippen molar-refractivity contribution in [2.24, 2.45) is 5.73 Å². The van der Waals surface area contributed by atoms with Crippen LogP contribution in [0.5, 0.6) is 0 Å². The summed E-state index contributed by atoms with van der Waals surface area (Å²) in [6.45, 7) is 0.644. The molecule has 3 nitrogen and oxygen atoms in total. The molecule has 0 aliphatic heterocycles. The van der Waals surface area contributed by atoms with E-state index in [0.717, 1.165) is 12.8 Å². The topological polar surface area (TPSA) is 55.1 Å². The molecule has 0 saturated heterocycles. The summed E-state index contributed by atoms with van der Waals surface area (Å²) in [5, 5.41) is 2.85. The number of amides is 1. The first-order chi connectivity index (χ1) is 8.18. The first kappa shape index (κ1) is 13.6. The van der Waals surface area contributed by atoms with Gasteiger partial charge in [0.15, 0.2) is 0 Å². The predicted molar refractivity (Wildman–Crippen MR) is 73.8 cm³/mol. The van der Waals surface area contributed by atoms with Crippen LogP contribution in [0.1, 0.15) is 24.8 Å². The molecule has 0 aromatic heterocycles. The maximum atomic E-state index is 11.5. The van der Waals surface area contributed by atoms with Gasteiger partial charge in [-0.1, -0.05) is 42.5 Å². The van der Waals surface area contributed by atoms with Gasteiger partial charge in [-0.25, -0.2) is 0 Å². The third-order valence-electron chi connectivity index (χ3n) is 2.41.